The first-order valence-corrected chi connectivity index (χ1v) is 11.6. The lowest BCUT2D eigenvalue weighted by atomic mass is 10.1. The van der Waals surface area contributed by atoms with Crippen molar-refractivity contribution in [1.29, 1.82) is 0 Å². The summed E-state index contributed by atoms with van der Waals surface area (Å²) in [4.78, 5) is 17.3. The number of nitrogens with two attached hydrogens (primary N) is 2. The van der Waals surface area contributed by atoms with Crippen molar-refractivity contribution in [1.82, 2.24) is 4.98 Å². The molecule has 0 aliphatic heterocycles. The average molecular weight is 480 g/mol. The Balaban J connectivity index is 1.42. The minimum atomic E-state index is -0.395. The standard InChI is InChI=1S/C27H21N5O2S/c28-19-4-10-22(11-5-19)31(23-12-6-20(29)7-13-23)21-8-1-18(2-9-21)3-16-27-30-25-15-14-24(32(33)34)17-26(25)35-27/h1-17H,28-29H2/b16-3+. The molecular formula is C27H21N5O2S. The largest absolute Gasteiger partial charge is 0.399 e. The summed E-state index contributed by atoms with van der Waals surface area (Å²) in [6.07, 6.45) is 3.90. The van der Waals surface area contributed by atoms with Gasteiger partial charge >= 0.3 is 0 Å². The van der Waals surface area contributed by atoms with Gasteiger partial charge in [-0.25, -0.2) is 4.98 Å². The van der Waals surface area contributed by atoms with Crippen LogP contribution in [0.2, 0.25) is 0 Å². The maximum absolute atomic E-state index is 11.0. The number of nitrogens with zero attached hydrogens (tertiary/aromatic N) is 3. The normalized spacial score (nSPS) is 11.2. The first-order valence-electron chi connectivity index (χ1n) is 10.8. The fourth-order valence-corrected chi connectivity index (χ4v) is 4.62. The van der Waals surface area contributed by atoms with Crippen LogP contribution >= 0.6 is 11.3 Å². The molecule has 0 aliphatic carbocycles. The van der Waals surface area contributed by atoms with Gasteiger partial charge in [-0.1, -0.05) is 18.2 Å². The van der Waals surface area contributed by atoms with Gasteiger partial charge in [-0.3, -0.25) is 10.1 Å². The molecule has 5 aromatic rings. The third-order valence-electron chi connectivity index (χ3n) is 5.47. The quantitative estimate of drug-likeness (QED) is 0.154. The highest BCUT2D eigenvalue weighted by molar-refractivity contribution is 7.19. The van der Waals surface area contributed by atoms with Gasteiger partial charge < -0.3 is 16.4 Å². The van der Waals surface area contributed by atoms with Crippen LogP contribution in [0.4, 0.5) is 34.1 Å². The summed E-state index contributed by atoms with van der Waals surface area (Å²) < 4.78 is 0.789. The average Bonchev–Trinajstić information content (AvgIpc) is 3.28. The van der Waals surface area contributed by atoms with Crippen LogP contribution in [0.5, 0.6) is 0 Å². The summed E-state index contributed by atoms with van der Waals surface area (Å²) in [7, 11) is 0. The van der Waals surface area contributed by atoms with Crippen LogP contribution in [0.25, 0.3) is 22.4 Å². The molecule has 172 valence electrons. The van der Waals surface area contributed by atoms with E-state index < -0.39 is 4.92 Å². The van der Waals surface area contributed by atoms with Gasteiger partial charge in [0.2, 0.25) is 0 Å². The lowest BCUT2D eigenvalue weighted by Gasteiger charge is -2.25. The molecule has 0 atom stereocenters. The molecule has 0 bridgehead atoms. The van der Waals surface area contributed by atoms with Gasteiger partial charge in [0.15, 0.2) is 0 Å². The Morgan fingerprint density at radius 1 is 0.771 bits per heavy atom. The lowest BCUT2D eigenvalue weighted by Crippen LogP contribution is -2.10. The Kier molecular flexibility index (Phi) is 5.87. The van der Waals surface area contributed by atoms with Crippen LogP contribution in [0.15, 0.2) is 91.0 Å². The number of fused-ring (bicyclic) bond motifs is 1. The van der Waals surface area contributed by atoms with E-state index in [4.69, 9.17) is 11.5 Å². The zero-order valence-electron chi connectivity index (χ0n) is 18.5. The predicted molar refractivity (Wildman–Crippen MR) is 145 cm³/mol. The summed E-state index contributed by atoms with van der Waals surface area (Å²) in [6, 6.07) is 28.3. The lowest BCUT2D eigenvalue weighted by molar-refractivity contribution is -0.384. The van der Waals surface area contributed by atoms with Crippen molar-refractivity contribution in [2.75, 3.05) is 16.4 Å². The van der Waals surface area contributed by atoms with E-state index in [2.05, 4.69) is 9.88 Å². The van der Waals surface area contributed by atoms with E-state index in [9.17, 15) is 10.1 Å². The van der Waals surface area contributed by atoms with Crippen LogP contribution in [0.3, 0.4) is 0 Å². The summed E-state index contributed by atoms with van der Waals surface area (Å²) >= 11 is 1.42. The molecule has 1 aromatic heterocycles. The molecule has 4 aromatic carbocycles. The summed E-state index contributed by atoms with van der Waals surface area (Å²) in [5.41, 5.74) is 18.0. The van der Waals surface area contributed by atoms with E-state index in [1.807, 2.05) is 84.9 Å². The number of nitro groups is 1. The van der Waals surface area contributed by atoms with E-state index in [1.165, 1.54) is 17.4 Å². The zero-order valence-corrected chi connectivity index (χ0v) is 19.4. The molecule has 0 radical (unpaired) electrons. The molecule has 1 heterocycles. The zero-order chi connectivity index (χ0) is 24.4. The first kappa shape index (κ1) is 22.1. The highest BCUT2D eigenvalue weighted by atomic mass is 32.1. The number of benzene rings is 4. The van der Waals surface area contributed by atoms with Crippen molar-refractivity contribution in [3.63, 3.8) is 0 Å². The number of non-ortho nitro benzene ring substituents is 1. The highest BCUT2D eigenvalue weighted by Gasteiger charge is 2.12. The molecule has 0 unspecified atom stereocenters. The summed E-state index contributed by atoms with van der Waals surface area (Å²) in [5, 5.41) is 11.8. The summed E-state index contributed by atoms with van der Waals surface area (Å²) in [6.45, 7) is 0. The minimum absolute atomic E-state index is 0.0685. The van der Waals surface area contributed by atoms with Crippen LogP contribution in [0.1, 0.15) is 10.6 Å². The molecular weight excluding hydrogens is 458 g/mol. The van der Waals surface area contributed by atoms with E-state index >= 15 is 0 Å². The van der Waals surface area contributed by atoms with Crippen molar-refractivity contribution >= 4 is 67.8 Å². The van der Waals surface area contributed by atoms with Gasteiger partial charge in [0, 0.05) is 40.6 Å². The molecule has 0 saturated carbocycles. The molecule has 35 heavy (non-hydrogen) atoms. The van der Waals surface area contributed by atoms with Gasteiger partial charge in [0.1, 0.15) is 5.01 Å². The van der Waals surface area contributed by atoms with Crippen molar-refractivity contribution in [2.45, 2.75) is 0 Å². The number of hydrogen-bond acceptors (Lipinski definition) is 7. The Hall–Kier alpha value is -4.69. The number of nitro benzene ring substituents is 1. The molecule has 4 N–H and O–H groups in total. The van der Waals surface area contributed by atoms with Crippen LogP contribution < -0.4 is 16.4 Å². The molecule has 7 nitrogen and oxygen atoms in total. The fourth-order valence-electron chi connectivity index (χ4n) is 3.71. The minimum Gasteiger partial charge on any atom is -0.399 e. The van der Waals surface area contributed by atoms with Crippen molar-refractivity contribution < 1.29 is 4.92 Å². The van der Waals surface area contributed by atoms with Crippen LogP contribution in [-0.4, -0.2) is 9.91 Å². The van der Waals surface area contributed by atoms with Gasteiger partial charge in [0.05, 0.1) is 15.1 Å². The Morgan fingerprint density at radius 3 is 1.86 bits per heavy atom. The molecule has 0 fully saturated rings. The topological polar surface area (TPSA) is 111 Å². The molecule has 0 amide bonds. The number of thiazole rings is 1. The third kappa shape index (κ3) is 4.83. The van der Waals surface area contributed by atoms with E-state index in [-0.39, 0.29) is 5.69 Å². The number of nitrogen functional groups attached to an aromatic ring is 2. The molecule has 8 heteroatoms. The first-order chi connectivity index (χ1) is 17.0. The van der Waals surface area contributed by atoms with Gasteiger partial charge in [-0.2, -0.15) is 0 Å². The maximum Gasteiger partial charge on any atom is 0.270 e. The Morgan fingerprint density at radius 2 is 1.31 bits per heavy atom. The van der Waals surface area contributed by atoms with E-state index in [0.29, 0.717) is 11.4 Å². The van der Waals surface area contributed by atoms with E-state index in [0.717, 1.165) is 37.8 Å². The van der Waals surface area contributed by atoms with Gasteiger partial charge in [-0.15, -0.1) is 11.3 Å². The third-order valence-corrected chi connectivity index (χ3v) is 6.46. The number of hydrogen-bond donors (Lipinski definition) is 2. The summed E-state index contributed by atoms with van der Waals surface area (Å²) in [5.74, 6) is 0. The second kappa shape index (κ2) is 9.28. The second-order valence-electron chi connectivity index (χ2n) is 7.90. The SMILES string of the molecule is Nc1ccc(N(c2ccc(N)cc2)c2ccc(/C=C/c3nc4ccc([N+](=O)[O-])cc4s3)cc2)cc1. The Labute approximate surface area is 205 Å². The fraction of sp³-hybridized carbons (Fsp3) is 0. The van der Waals surface area contributed by atoms with Crippen LogP contribution in [0, 0.1) is 10.1 Å². The van der Waals surface area contributed by atoms with Crippen LogP contribution in [-0.2, 0) is 0 Å². The predicted octanol–water partition coefficient (Wildman–Crippen LogP) is 7.01. The number of anilines is 5. The monoisotopic (exact) mass is 479 g/mol. The van der Waals surface area contributed by atoms with Crippen molar-refractivity contribution in [2.24, 2.45) is 0 Å². The maximum atomic E-state index is 11.0. The van der Waals surface area contributed by atoms with E-state index in [1.54, 1.807) is 12.1 Å². The molecule has 0 aliphatic rings. The smallest absolute Gasteiger partial charge is 0.270 e. The highest BCUT2D eigenvalue weighted by Crippen LogP contribution is 2.35. The molecule has 5 rings (SSSR count). The number of aromatic nitrogens is 1. The number of rotatable bonds is 6. The molecule has 0 spiro atoms. The second-order valence-corrected chi connectivity index (χ2v) is 8.97. The van der Waals surface area contributed by atoms with Gasteiger partial charge in [0.25, 0.3) is 5.69 Å². The Bertz CT molecular complexity index is 1480. The molecule has 0 saturated heterocycles. The van der Waals surface area contributed by atoms with Crippen molar-refractivity contribution in [3.8, 4) is 0 Å². The van der Waals surface area contributed by atoms with Gasteiger partial charge in [-0.05, 0) is 78.4 Å². The van der Waals surface area contributed by atoms with Crippen molar-refractivity contribution in [3.05, 3.63) is 112 Å².